The maximum Gasteiger partial charge on any atom is 0.225 e. The second-order valence-corrected chi connectivity index (χ2v) is 6.48. The first kappa shape index (κ1) is 16.9. The molecule has 2 aromatic rings. The van der Waals surface area contributed by atoms with Gasteiger partial charge in [0, 0.05) is 30.3 Å². The topological polar surface area (TPSA) is 84.7 Å². The fourth-order valence-electron chi connectivity index (χ4n) is 1.94. The molecule has 0 radical (unpaired) electrons. The van der Waals surface area contributed by atoms with Gasteiger partial charge in [-0.25, -0.2) is 15.0 Å². The largest absolute Gasteiger partial charge is 0.368 e. The molecule has 0 aliphatic carbocycles. The Bertz CT molecular complexity index is 686. The zero-order valence-electron chi connectivity index (χ0n) is 14.3. The summed E-state index contributed by atoms with van der Waals surface area (Å²) in [4.78, 5) is 24.5. The molecule has 0 aromatic carbocycles. The Morgan fingerprint density at radius 1 is 1.17 bits per heavy atom. The Labute approximate surface area is 136 Å². The minimum atomic E-state index is -0.376. The van der Waals surface area contributed by atoms with Crippen LogP contribution in [0.25, 0.3) is 5.82 Å². The quantitative estimate of drug-likeness (QED) is 0.822. The third-order valence-electron chi connectivity index (χ3n) is 3.55. The highest BCUT2D eigenvalue weighted by Crippen LogP contribution is 2.14. The summed E-state index contributed by atoms with van der Waals surface area (Å²) in [5.41, 5.74) is 1.65. The van der Waals surface area contributed by atoms with E-state index in [1.54, 1.807) is 6.33 Å². The third-order valence-corrected chi connectivity index (χ3v) is 3.55. The standard InChI is InChI=1S/C16H24N6O/c1-11-12(2)22(10-21-11)14-8-13(19-9-20-14)17-6-7-18-15(23)16(3,4)5/h8-10H,6-7H2,1-5H3,(H,18,23)(H,17,19,20). The summed E-state index contributed by atoms with van der Waals surface area (Å²) in [5, 5.41) is 6.08. The average Bonchev–Trinajstić information content (AvgIpc) is 2.82. The Hall–Kier alpha value is -2.44. The van der Waals surface area contributed by atoms with Crippen molar-refractivity contribution in [2.75, 3.05) is 18.4 Å². The molecule has 2 aromatic heterocycles. The molecule has 0 saturated carbocycles. The van der Waals surface area contributed by atoms with Crippen LogP contribution in [-0.4, -0.2) is 38.5 Å². The summed E-state index contributed by atoms with van der Waals surface area (Å²) < 4.78 is 1.92. The van der Waals surface area contributed by atoms with E-state index in [2.05, 4.69) is 25.6 Å². The molecule has 0 atom stereocenters. The van der Waals surface area contributed by atoms with Crippen LogP contribution in [0.1, 0.15) is 32.2 Å². The van der Waals surface area contributed by atoms with Crippen LogP contribution in [0.5, 0.6) is 0 Å². The minimum absolute atomic E-state index is 0.0344. The Balaban J connectivity index is 1.94. The van der Waals surface area contributed by atoms with Crippen LogP contribution >= 0.6 is 0 Å². The summed E-state index contributed by atoms with van der Waals surface area (Å²) in [5.74, 6) is 1.51. The molecule has 7 nitrogen and oxygen atoms in total. The average molecular weight is 316 g/mol. The van der Waals surface area contributed by atoms with E-state index in [4.69, 9.17) is 0 Å². The van der Waals surface area contributed by atoms with Crippen LogP contribution in [0, 0.1) is 19.3 Å². The molecule has 0 spiro atoms. The van der Waals surface area contributed by atoms with Crippen molar-refractivity contribution in [2.24, 2.45) is 5.41 Å². The second kappa shape index (κ2) is 6.76. The molecule has 0 aliphatic heterocycles. The Kier molecular flexibility index (Phi) is 4.98. The summed E-state index contributed by atoms with van der Waals surface area (Å²) in [7, 11) is 0. The van der Waals surface area contributed by atoms with Crippen molar-refractivity contribution in [2.45, 2.75) is 34.6 Å². The lowest BCUT2D eigenvalue weighted by Gasteiger charge is -2.17. The van der Waals surface area contributed by atoms with Gasteiger partial charge in [0.05, 0.1) is 5.69 Å². The molecule has 0 saturated heterocycles. The zero-order chi connectivity index (χ0) is 17.0. The van der Waals surface area contributed by atoms with E-state index in [9.17, 15) is 4.79 Å². The lowest BCUT2D eigenvalue weighted by atomic mass is 9.96. The van der Waals surface area contributed by atoms with Gasteiger partial charge in [0.25, 0.3) is 0 Å². The Morgan fingerprint density at radius 3 is 2.52 bits per heavy atom. The van der Waals surface area contributed by atoms with Crippen molar-refractivity contribution < 1.29 is 4.79 Å². The number of nitrogens with zero attached hydrogens (tertiary/aromatic N) is 4. The minimum Gasteiger partial charge on any atom is -0.368 e. The highest BCUT2D eigenvalue weighted by atomic mass is 16.2. The van der Waals surface area contributed by atoms with Crippen molar-refractivity contribution in [3.63, 3.8) is 0 Å². The van der Waals surface area contributed by atoms with E-state index < -0.39 is 0 Å². The highest BCUT2D eigenvalue weighted by molar-refractivity contribution is 5.81. The zero-order valence-corrected chi connectivity index (χ0v) is 14.3. The molecule has 1 amide bonds. The van der Waals surface area contributed by atoms with E-state index in [0.29, 0.717) is 18.9 Å². The lowest BCUT2D eigenvalue weighted by Crippen LogP contribution is -2.37. The number of aryl methyl sites for hydroxylation is 1. The number of imidazole rings is 1. The normalized spacial score (nSPS) is 11.3. The molecule has 2 heterocycles. The predicted octanol–water partition coefficient (Wildman–Crippen LogP) is 1.85. The molecule has 0 unspecified atom stereocenters. The summed E-state index contributed by atoms with van der Waals surface area (Å²) in [6.07, 6.45) is 3.26. The maximum absolute atomic E-state index is 11.8. The molecule has 7 heteroatoms. The molecular weight excluding hydrogens is 292 g/mol. The van der Waals surface area contributed by atoms with E-state index in [0.717, 1.165) is 17.2 Å². The van der Waals surface area contributed by atoms with Gasteiger partial charge in [-0.15, -0.1) is 0 Å². The number of anilines is 1. The van der Waals surface area contributed by atoms with Crippen LogP contribution in [0.4, 0.5) is 5.82 Å². The maximum atomic E-state index is 11.8. The fraction of sp³-hybridized carbons (Fsp3) is 0.500. The van der Waals surface area contributed by atoms with Crippen molar-refractivity contribution in [3.8, 4) is 5.82 Å². The van der Waals surface area contributed by atoms with Gasteiger partial charge in [-0.1, -0.05) is 20.8 Å². The van der Waals surface area contributed by atoms with Crippen molar-refractivity contribution in [1.29, 1.82) is 0 Å². The van der Waals surface area contributed by atoms with Crippen LogP contribution < -0.4 is 10.6 Å². The van der Waals surface area contributed by atoms with Gasteiger partial charge in [-0.05, 0) is 13.8 Å². The number of amides is 1. The van der Waals surface area contributed by atoms with E-state index in [-0.39, 0.29) is 11.3 Å². The number of nitrogens with one attached hydrogen (secondary N) is 2. The van der Waals surface area contributed by atoms with Gasteiger partial charge < -0.3 is 10.6 Å². The van der Waals surface area contributed by atoms with E-state index >= 15 is 0 Å². The van der Waals surface area contributed by atoms with Gasteiger partial charge >= 0.3 is 0 Å². The molecule has 0 fully saturated rings. The van der Waals surface area contributed by atoms with Crippen molar-refractivity contribution in [1.82, 2.24) is 24.8 Å². The highest BCUT2D eigenvalue weighted by Gasteiger charge is 2.20. The third kappa shape index (κ3) is 4.28. The van der Waals surface area contributed by atoms with Gasteiger partial charge in [-0.2, -0.15) is 0 Å². The number of rotatable bonds is 5. The molecule has 0 bridgehead atoms. The number of hydrogen-bond donors (Lipinski definition) is 2. The molecule has 2 rings (SSSR count). The van der Waals surface area contributed by atoms with Crippen LogP contribution in [0.3, 0.4) is 0 Å². The molecule has 124 valence electrons. The summed E-state index contributed by atoms with van der Waals surface area (Å²) >= 11 is 0. The first-order valence-electron chi connectivity index (χ1n) is 7.64. The number of carbonyl (C=O) groups is 1. The number of hydrogen-bond acceptors (Lipinski definition) is 5. The summed E-state index contributed by atoms with van der Waals surface area (Å²) in [6, 6.07) is 1.86. The molecule has 0 aliphatic rings. The van der Waals surface area contributed by atoms with Crippen LogP contribution in [0.2, 0.25) is 0 Å². The van der Waals surface area contributed by atoms with Crippen LogP contribution in [0.15, 0.2) is 18.7 Å². The monoisotopic (exact) mass is 316 g/mol. The van der Waals surface area contributed by atoms with Gasteiger partial charge in [-0.3, -0.25) is 9.36 Å². The van der Waals surface area contributed by atoms with E-state index in [1.807, 2.05) is 45.3 Å². The smallest absolute Gasteiger partial charge is 0.225 e. The number of carbonyl (C=O) groups excluding carboxylic acids is 1. The van der Waals surface area contributed by atoms with Gasteiger partial charge in [0.15, 0.2) is 0 Å². The van der Waals surface area contributed by atoms with E-state index in [1.165, 1.54) is 6.33 Å². The van der Waals surface area contributed by atoms with Gasteiger partial charge in [0.1, 0.15) is 24.3 Å². The molecule has 2 N–H and O–H groups in total. The van der Waals surface area contributed by atoms with Crippen LogP contribution in [-0.2, 0) is 4.79 Å². The number of aromatic nitrogens is 4. The SMILES string of the molecule is Cc1ncn(-c2cc(NCCNC(=O)C(C)(C)C)ncn2)c1C. The molecular formula is C16H24N6O. The Morgan fingerprint density at radius 2 is 1.91 bits per heavy atom. The first-order chi connectivity index (χ1) is 10.8. The lowest BCUT2D eigenvalue weighted by molar-refractivity contribution is -0.128. The van der Waals surface area contributed by atoms with Crippen molar-refractivity contribution >= 4 is 11.7 Å². The molecule has 23 heavy (non-hydrogen) atoms. The first-order valence-corrected chi connectivity index (χ1v) is 7.64. The second-order valence-electron chi connectivity index (χ2n) is 6.48. The fourth-order valence-corrected chi connectivity index (χ4v) is 1.94. The van der Waals surface area contributed by atoms with Crippen molar-refractivity contribution in [3.05, 3.63) is 30.1 Å². The summed E-state index contributed by atoms with van der Waals surface area (Å²) in [6.45, 7) is 10.8. The van der Waals surface area contributed by atoms with Gasteiger partial charge in [0.2, 0.25) is 5.91 Å². The predicted molar refractivity (Wildman–Crippen MR) is 89.6 cm³/mol.